The fourth-order valence-electron chi connectivity index (χ4n) is 5.42. The SMILES string of the molecule is C[N+]1(CC2COC(C=CC3OCC(C[N+]4(C)CCCCC4)O3)O2)CCCCC1. The van der Waals surface area contributed by atoms with E-state index >= 15 is 0 Å². The highest BCUT2D eigenvalue weighted by atomic mass is 16.7. The predicted octanol–water partition coefficient (Wildman–Crippen LogP) is 2.29. The van der Waals surface area contributed by atoms with E-state index in [0.29, 0.717) is 13.2 Å². The van der Waals surface area contributed by atoms with Crippen LogP contribution in [0.5, 0.6) is 0 Å². The summed E-state index contributed by atoms with van der Waals surface area (Å²) in [5.74, 6) is 0. The van der Waals surface area contributed by atoms with Crippen LogP contribution < -0.4 is 0 Å². The van der Waals surface area contributed by atoms with Gasteiger partial charge in [-0.15, -0.1) is 0 Å². The van der Waals surface area contributed by atoms with Gasteiger partial charge in [0.15, 0.2) is 12.6 Å². The van der Waals surface area contributed by atoms with Crippen molar-refractivity contribution >= 4 is 0 Å². The first-order valence-corrected chi connectivity index (χ1v) is 11.4. The molecule has 0 aromatic rings. The molecule has 0 saturated carbocycles. The molecule has 0 amide bonds. The lowest BCUT2D eigenvalue weighted by Crippen LogP contribution is -2.52. The van der Waals surface area contributed by atoms with Gasteiger partial charge in [0.25, 0.3) is 0 Å². The van der Waals surface area contributed by atoms with E-state index in [-0.39, 0.29) is 24.8 Å². The van der Waals surface area contributed by atoms with Crippen molar-refractivity contribution in [1.29, 1.82) is 0 Å². The molecule has 6 nitrogen and oxygen atoms in total. The van der Waals surface area contributed by atoms with Gasteiger partial charge in [0.1, 0.15) is 25.3 Å². The number of nitrogens with zero attached hydrogens (tertiary/aromatic N) is 2. The molecular formula is C22H40N2O4+2. The van der Waals surface area contributed by atoms with Gasteiger partial charge in [-0.25, -0.2) is 0 Å². The Kier molecular flexibility index (Phi) is 6.75. The molecule has 4 fully saturated rings. The normalized spacial score (nSPS) is 38.2. The van der Waals surface area contributed by atoms with Gasteiger partial charge >= 0.3 is 0 Å². The minimum Gasteiger partial charge on any atom is -0.346 e. The Hall–Kier alpha value is -0.500. The summed E-state index contributed by atoms with van der Waals surface area (Å²) < 4.78 is 26.2. The molecule has 4 saturated heterocycles. The summed E-state index contributed by atoms with van der Waals surface area (Å²) in [4.78, 5) is 0. The highest BCUT2D eigenvalue weighted by Gasteiger charge is 2.36. The summed E-state index contributed by atoms with van der Waals surface area (Å²) in [6, 6.07) is 0. The topological polar surface area (TPSA) is 36.9 Å². The third kappa shape index (κ3) is 5.55. The third-order valence-electron chi connectivity index (χ3n) is 7.05. The van der Waals surface area contributed by atoms with Crippen LogP contribution in [-0.4, -0.2) is 100 Å². The van der Waals surface area contributed by atoms with E-state index in [1.807, 2.05) is 12.2 Å². The van der Waals surface area contributed by atoms with Gasteiger partial charge in [-0.1, -0.05) is 0 Å². The minimum absolute atomic E-state index is 0.194. The molecule has 0 aliphatic carbocycles. The maximum absolute atomic E-state index is 6.11. The number of likely N-dealkylation sites (N-methyl/N-ethyl adjacent to an activating group) is 2. The molecule has 4 unspecified atom stereocenters. The number of hydrogen-bond donors (Lipinski definition) is 0. The summed E-state index contributed by atoms with van der Waals surface area (Å²) in [6.45, 7) is 8.55. The Labute approximate surface area is 170 Å². The van der Waals surface area contributed by atoms with Gasteiger partial charge < -0.3 is 27.9 Å². The van der Waals surface area contributed by atoms with Crippen molar-refractivity contribution in [1.82, 2.24) is 0 Å². The highest BCUT2D eigenvalue weighted by Crippen LogP contribution is 2.23. The van der Waals surface area contributed by atoms with E-state index in [0.717, 1.165) is 22.1 Å². The number of rotatable bonds is 6. The summed E-state index contributed by atoms with van der Waals surface area (Å²) >= 11 is 0. The molecule has 0 N–H and O–H groups in total. The largest absolute Gasteiger partial charge is 0.346 e. The standard InChI is InChI=1S/C22H40N2O4/c1-23(11-5-3-6-12-23)15-19-17-25-21(27-19)9-10-22-26-18-20(28-22)16-24(2)13-7-4-8-14-24/h9-10,19-22H,3-8,11-18H2,1-2H3/q+2. The van der Waals surface area contributed by atoms with E-state index in [2.05, 4.69) is 14.1 Å². The maximum Gasteiger partial charge on any atom is 0.177 e. The summed E-state index contributed by atoms with van der Waals surface area (Å²) in [6.07, 6.45) is 11.9. The molecule has 0 aromatic heterocycles. The fraction of sp³-hybridized carbons (Fsp3) is 0.909. The van der Waals surface area contributed by atoms with Crippen molar-refractivity contribution in [3.05, 3.63) is 12.2 Å². The van der Waals surface area contributed by atoms with Gasteiger partial charge in [-0.2, -0.15) is 0 Å². The van der Waals surface area contributed by atoms with Crippen LogP contribution in [0.2, 0.25) is 0 Å². The smallest absolute Gasteiger partial charge is 0.177 e. The van der Waals surface area contributed by atoms with Gasteiger partial charge in [0.2, 0.25) is 0 Å². The molecule has 4 aliphatic heterocycles. The summed E-state index contributed by atoms with van der Waals surface area (Å²) in [7, 11) is 4.72. The predicted molar refractivity (Wildman–Crippen MR) is 108 cm³/mol. The van der Waals surface area contributed by atoms with E-state index in [1.165, 1.54) is 64.7 Å². The minimum atomic E-state index is -0.265. The van der Waals surface area contributed by atoms with Crippen molar-refractivity contribution in [3.63, 3.8) is 0 Å². The highest BCUT2D eigenvalue weighted by molar-refractivity contribution is 4.92. The first-order valence-electron chi connectivity index (χ1n) is 11.4. The molecular weight excluding hydrogens is 356 g/mol. The monoisotopic (exact) mass is 396 g/mol. The second kappa shape index (κ2) is 9.11. The molecule has 4 rings (SSSR count). The quantitative estimate of drug-likeness (QED) is 0.510. The van der Waals surface area contributed by atoms with E-state index < -0.39 is 0 Å². The van der Waals surface area contributed by atoms with Crippen LogP contribution >= 0.6 is 0 Å². The molecule has 160 valence electrons. The van der Waals surface area contributed by atoms with Crippen molar-refractivity contribution in [2.75, 3.05) is 66.6 Å². The lowest BCUT2D eigenvalue weighted by Gasteiger charge is -2.39. The van der Waals surface area contributed by atoms with Crippen molar-refractivity contribution in [2.45, 2.75) is 63.3 Å². The third-order valence-corrected chi connectivity index (χ3v) is 7.05. The molecule has 0 aromatic carbocycles. The number of quaternary nitrogens is 2. The average Bonchev–Trinajstić information content (AvgIpc) is 3.29. The molecule has 28 heavy (non-hydrogen) atoms. The maximum atomic E-state index is 6.11. The van der Waals surface area contributed by atoms with E-state index in [9.17, 15) is 0 Å². The zero-order chi connectivity index (χ0) is 19.5. The zero-order valence-corrected chi connectivity index (χ0v) is 17.9. The molecule has 4 atom stereocenters. The lowest BCUT2D eigenvalue weighted by atomic mass is 10.1. The Morgan fingerprint density at radius 1 is 0.643 bits per heavy atom. The van der Waals surface area contributed by atoms with Crippen molar-refractivity contribution < 1.29 is 27.9 Å². The Morgan fingerprint density at radius 2 is 1.04 bits per heavy atom. The van der Waals surface area contributed by atoms with Gasteiger partial charge in [0.05, 0.1) is 53.5 Å². The Morgan fingerprint density at radius 3 is 1.43 bits per heavy atom. The van der Waals surface area contributed by atoms with Crippen LogP contribution in [0.4, 0.5) is 0 Å². The molecule has 6 heteroatoms. The summed E-state index contributed by atoms with van der Waals surface area (Å²) in [5, 5.41) is 0. The second-order valence-corrected chi connectivity index (χ2v) is 9.92. The average molecular weight is 397 g/mol. The molecule has 4 aliphatic rings. The van der Waals surface area contributed by atoms with E-state index in [1.54, 1.807) is 0 Å². The Bertz CT molecular complexity index is 483. The number of piperidine rings is 2. The van der Waals surface area contributed by atoms with Gasteiger partial charge in [0, 0.05) is 0 Å². The van der Waals surface area contributed by atoms with Crippen LogP contribution in [0.25, 0.3) is 0 Å². The molecule has 0 spiro atoms. The van der Waals surface area contributed by atoms with Crippen LogP contribution in [0.15, 0.2) is 12.2 Å². The van der Waals surface area contributed by atoms with Crippen LogP contribution in [0.3, 0.4) is 0 Å². The number of likely N-dealkylation sites (tertiary alicyclic amines) is 2. The first kappa shape index (κ1) is 20.8. The fourth-order valence-corrected chi connectivity index (χ4v) is 5.42. The van der Waals surface area contributed by atoms with Crippen LogP contribution in [-0.2, 0) is 18.9 Å². The van der Waals surface area contributed by atoms with Crippen LogP contribution in [0.1, 0.15) is 38.5 Å². The van der Waals surface area contributed by atoms with Crippen LogP contribution in [0, 0.1) is 0 Å². The number of hydrogen-bond acceptors (Lipinski definition) is 4. The first-order chi connectivity index (χ1) is 13.5. The Balaban J connectivity index is 1.19. The molecule has 0 bridgehead atoms. The van der Waals surface area contributed by atoms with Gasteiger partial charge in [-0.05, 0) is 50.7 Å². The lowest BCUT2D eigenvalue weighted by molar-refractivity contribution is -0.916. The second-order valence-electron chi connectivity index (χ2n) is 9.92. The summed E-state index contributed by atoms with van der Waals surface area (Å²) in [5.41, 5.74) is 0. The number of ether oxygens (including phenoxy) is 4. The molecule has 4 heterocycles. The van der Waals surface area contributed by atoms with E-state index in [4.69, 9.17) is 18.9 Å². The van der Waals surface area contributed by atoms with Gasteiger partial charge in [-0.3, -0.25) is 0 Å². The molecule has 0 radical (unpaired) electrons. The zero-order valence-electron chi connectivity index (χ0n) is 17.9. The van der Waals surface area contributed by atoms with Crippen molar-refractivity contribution in [3.8, 4) is 0 Å². The van der Waals surface area contributed by atoms with Crippen molar-refractivity contribution in [2.24, 2.45) is 0 Å².